The highest BCUT2D eigenvalue weighted by Crippen LogP contribution is 2.50. The van der Waals surface area contributed by atoms with Gasteiger partial charge in [0.2, 0.25) is 0 Å². The number of esters is 1. The number of carbonyl (C=O) groups is 2. The standard InChI is InChI=1S/C27H29ClN2O4/c1-5-34-26(32)24-22(16-6-12-19(33-4)13-7-16)23-20(14-27(2,3)15-21(23)31)30(25(24)29)18-10-8-17(28)9-11-18/h6-13,22H,5,14-15,29H2,1-4H3. The number of nitrogens with two attached hydrogens (primary N) is 1. The van der Waals surface area contributed by atoms with E-state index < -0.39 is 11.9 Å². The van der Waals surface area contributed by atoms with Crippen LogP contribution in [0.2, 0.25) is 5.02 Å². The second-order valence-electron chi connectivity index (χ2n) is 9.34. The largest absolute Gasteiger partial charge is 0.497 e. The Hall–Kier alpha value is -3.25. The van der Waals surface area contributed by atoms with Crippen molar-refractivity contribution >= 4 is 29.0 Å². The summed E-state index contributed by atoms with van der Waals surface area (Å²) < 4.78 is 10.7. The number of anilines is 1. The van der Waals surface area contributed by atoms with E-state index in [0.717, 1.165) is 16.9 Å². The molecule has 1 atom stereocenters. The Morgan fingerprint density at radius 2 is 1.76 bits per heavy atom. The minimum atomic E-state index is -0.632. The summed E-state index contributed by atoms with van der Waals surface area (Å²) >= 11 is 6.13. The van der Waals surface area contributed by atoms with Crippen molar-refractivity contribution < 1.29 is 19.1 Å². The van der Waals surface area contributed by atoms with Gasteiger partial charge in [0.05, 0.1) is 25.2 Å². The minimum Gasteiger partial charge on any atom is -0.497 e. The van der Waals surface area contributed by atoms with Gasteiger partial charge in [0.25, 0.3) is 0 Å². The number of nitrogens with zero attached hydrogens (tertiary/aromatic N) is 1. The number of rotatable bonds is 5. The van der Waals surface area contributed by atoms with Crippen molar-refractivity contribution in [3.05, 3.63) is 81.8 Å². The number of ether oxygens (including phenoxy) is 2. The zero-order chi connectivity index (χ0) is 24.6. The highest BCUT2D eigenvalue weighted by Gasteiger charge is 2.46. The van der Waals surface area contributed by atoms with Gasteiger partial charge < -0.3 is 15.2 Å². The van der Waals surface area contributed by atoms with Gasteiger partial charge in [-0.1, -0.05) is 37.6 Å². The lowest BCUT2D eigenvalue weighted by molar-refractivity contribution is -0.138. The van der Waals surface area contributed by atoms with Crippen LogP contribution in [-0.4, -0.2) is 25.5 Å². The molecule has 0 amide bonds. The number of Topliss-reactive ketones (excluding diaryl/α,β-unsaturated/α-hetero) is 1. The number of carbonyl (C=O) groups excluding carboxylic acids is 2. The van der Waals surface area contributed by atoms with Gasteiger partial charge >= 0.3 is 5.97 Å². The molecule has 1 aliphatic heterocycles. The van der Waals surface area contributed by atoms with Gasteiger partial charge in [-0.3, -0.25) is 9.69 Å². The average Bonchev–Trinajstić information content (AvgIpc) is 2.78. The van der Waals surface area contributed by atoms with Gasteiger partial charge in [0.1, 0.15) is 11.6 Å². The van der Waals surface area contributed by atoms with Crippen LogP contribution in [-0.2, 0) is 14.3 Å². The first-order valence-corrected chi connectivity index (χ1v) is 11.7. The second-order valence-corrected chi connectivity index (χ2v) is 9.78. The molecule has 1 unspecified atom stereocenters. The van der Waals surface area contributed by atoms with Gasteiger partial charge in [-0.05, 0) is 60.7 Å². The van der Waals surface area contributed by atoms with Crippen LogP contribution in [0.1, 0.15) is 45.1 Å². The average molecular weight is 481 g/mol. The third kappa shape index (κ3) is 4.30. The van der Waals surface area contributed by atoms with Gasteiger partial charge in [-0.2, -0.15) is 0 Å². The number of hydrogen-bond acceptors (Lipinski definition) is 6. The predicted octanol–water partition coefficient (Wildman–Crippen LogP) is 5.33. The van der Waals surface area contributed by atoms with E-state index in [9.17, 15) is 9.59 Å². The molecular formula is C27H29ClN2O4. The maximum absolute atomic E-state index is 13.7. The van der Waals surface area contributed by atoms with Crippen LogP contribution >= 0.6 is 11.6 Å². The summed E-state index contributed by atoms with van der Waals surface area (Å²) in [6.07, 6.45) is 1.00. The van der Waals surface area contributed by atoms with Crippen molar-refractivity contribution in [2.24, 2.45) is 11.1 Å². The van der Waals surface area contributed by atoms with Gasteiger partial charge in [0, 0.05) is 28.4 Å². The van der Waals surface area contributed by atoms with Crippen molar-refractivity contribution in [1.29, 1.82) is 0 Å². The van der Waals surface area contributed by atoms with E-state index in [0.29, 0.717) is 29.2 Å². The normalized spacial score (nSPS) is 19.7. The molecule has 0 spiro atoms. The Labute approximate surface area is 205 Å². The third-order valence-electron chi connectivity index (χ3n) is 6.29. The maximum Gasteiger partial charge on any atom is 0.338 e. The smallest absolute Gasteiger partial charge is 0.338 e. The van der Waals surface area contributed by atoms with Crippen LogP contribution in [0, 0.1) is 5.41 Å². The van der Waals surface area contributed by atoms with Gasteiger partial charge in [-0.25, -0.2) is 4.79 Å². The summed E-state index contributed by atoms with van der Waals surface area (Å²) in [5.74, 6) is -0.232. The molecule has 178 valence electrons. The van der Waals surface area contributed by atoms with E-state index in [1.807, 2.05) is 41.3 Å². The highest BCUT2D eigenvalue weighted by molar-refractivity contribution is 6.30. The summed E-state index contributed by atoms with van der Waals surface area (Å²) in [5, 5.41) is 0.583. The molecule has 0 fully saturated rings. The molecule has 1 aliphatic carbocycles. The van der Waals surface area contributed by atoms with Crippen LogP contribution in [0.15, 0.2) is 71.2 Å². The Morgan fingerprint density at radius 3 is 2.35 bits per heavy atom. The van der Waals surface area contributed by atoms with Crippen LogP contribution in [0.5, 0.6) is 5.75 Å². The van der Waals surface area contributed by atoms with E-state index in [4.69, 9.17) is 26.8 Å². The number of allylic oxidation sites excluding steroid dienone is 2. The van der Waals surface area contributed by atoms with Gasteiger partial charge in [-0.15, -0.1) is 0 Å². The summed E-state index contributed by atoms with van der Waals surface area (Å²) in [7, 11) is 1.59. The fourth-order valence-electron chi connectivity index (χ4n) is 4.83. The first kappa shape index (κ1) is 23.9. The molecule has 1 heterocycles. The molecular weight excluding hydrogens is 452 g/mol. The zero-order valence-corrected chi connectivity index (χ0v) is 20.6. The summed E-state index contributed by atoms with van der Waals surface area (Å²) in [5.41, 5.74) is 9.65. The maximum atomic E-state index is 13.7. The molecule has 0 saturated carbocycles. The van der Waals surface area contributed by atoms with E-state index in [1.54, 1.807) is 26.2 Å². The first-order valence-electron chi connectivity index (χ1n) is 11.3. The van der Waals surface area contributed by atoms with Crippen LogP contribution in [0.25, 0.3) is 0 Å². The molecule has 0 radical (unpaired) electrons. The van der Waals surface area contributed by atoms with Crippen LogP contribution < -0.4 is 15.4 Å². The molecule has 2 aliphatic rings. The fraction of sp³-hybridized carbons (Fsp3) is 0.333. The Kier molecular flexibility index (Phi) is 6.45. The van der Waals surface area contributed by atoms with Crippen LogP contribution in [0.4, 0.5) is 5.69 Å². The molecule has 2 aromatic rings. The number of benzene rings is 2. The first-order chi connectivity index (χ1) is 16.2. The monoisotopic (exact) mass is 480 g/mol. The molecule has 2 aromatic carbocycles. The van der Waals surface area contributed by atoms with Crippen molar-refractivity contribution in [1.82, 2.24) is 0 Å². The summed E-state index contributed by atoms with van der Waals surface area (Å²) in [6.45, 7) is 6.07. The molecule has 7 heteroatoms. The molecule has 2 N–H and O–H groups in total. The minimum absolute atomic E-state index is 0.000306. The summed E-state index contributed by atoms with van der Waals surface area (Å²) in [6, 6.07) is 14.6. The zero-order valence-electron chi connectivity index (χ0n) is 19.9. The fourth-order valence-corrected chi connectivity index (χ4v) is 4.96. The second kappa shape index (κ2) is 9.18. The van der Waals surface area contributed by atoms with Crippen molar-refractivity contribution in [2.45, 2.75) is 39.5 Å². The quantitative estimate of drug-likeness (QED) is 0.582. The number of hydrogen-bond donors (Lipinski definition) is 1. The molecule has 4 rings (SSSR count). The summed E-state index contributed by atoms with van der Waals surface area (Å²) in [4.78, 5) is 28.8. The molecule has 0 saturated heterocycles. The third-order valence-corrected chi connectivity index (χ3v) is 6.54. The Balaban J connectivity index is 2.00. The predicted molar refractivity (Wildman–Crippen MR) is 133 cm³/mol. The number of methoxy groups -OCH3 is 1. The number of halogens is 1. The Morgan fingerprint density at radius 1 is 1.12 bits per heavy atom. The van der Waals surface area contributed by atoms with Gasteiger partial charge in [0.15, 0.2) is 5.78 Å². The van der Waals surface area contributed by atoms with E-state index in [1.165, 1.54) is 0 Å². The van der Waals surface area contributed by atoms with Crippen LogP contribution in [0.3, 0.4) is 0 Å². The highest BCUT2D eigenvalue weighted by atomic mass is 35.5. The lowest BCUT2D eigenvalue weighted by atomic mass is 9.68. The lowest BCUT2D eigenvalue weighted by Gasteiger charge is -2.44. The number of ketones is 1. The van der Waals surface area contributed by atoms with E-state index in [2.05, 4.69) is 13.8 Å². The molecule has 6 nitrogen and oxygen atoms in total. The molecule has 0 aromatic heterocycles. The Bertz CT molecular complexity index is 1180. The SMILES string of the molecule is CCOC(=O)C1=C(N)N(c2ccc(Cl)cc2)C2=C(C(=O)CC(C)(C)C2)C1c1ccc(OC)cc1. The topological polar surface area (TPSA) is 81.9 Å². The molecule has 0 bridgehead atoms. The van der Waals surface area contributed by atoms with E-state index in [-0.39, 0.29) is 29.2 Å². The van der Waals surface area contributed by atoms with Crippen molar-refractivity contribution in [2.75, 3.05) is 18.6 Å². The molecule has 34 heavy (non-hydrogen) atoms. The van der Waals surface area contributed by atoms with Crippen molar-refractivity contribution in [3.8, 4) is 5.75 Å². The van der Waals surface area contributed by atoms with E-state index >= 15 is 0 Å². The lowest BCUT2D eigenvalue weighted by Crippen LogP contribution is -2.43. The van der Waals surface area contributed by atoms with Crippen molar-refractivity contribution in [3.63, 3.8) is 0 Å².